The van der Waals surface area contributed by atoms with E-state index >= 15 is 0 Å². The molecule has 0 aliphatic carbocycles. The third-order valence-electron chi connectivity index (χ3n) is 4.96. The van der Waals surface area contributed by atoms with Crippen LogP contribution in [0, 0.1) is 0 Å². The van der Waals surface area contributed by atoms with Gasteiger partial charge in [-0.3, -0.25) is 9.69 Å². The highest BCUT2D eigenvalue weighted by Gasteiger charge is 2.27. The van der Waals surface area contributed by atoms with Crippen LogP contribution in [0.3, 0.4) is 0 Å². The van der Waals surface area contributed by atoms with Crippen LogP contribution in [-0.4, -0.2) is 47.5 Å². The summed E-state index contributed by atoms with van der Waals surface area (Å²) in [6.07, 6.45) is 0.494. The van der Waals surface area contributed by atoms with Gasteiger partial charge in [0, 0.05) is 37.8 Å². The summed E-state index contributed by atoms with van der Waals surface area (Å²) >= 11 is 0. The van der Waals surface area contributed by atoms with Gasteiger partial charge in [0.2, 0.25) is 5.91 Å². The lowest BCUT2D eigenvalue weighted by atomic mass is 10.1. The number of rotatable bonds is 6. The minimum absolute atomic E-state index is 0.0988. The van der Waals surface area contributed by atoms with Crippen molar-refractivity contribution in [2.45, 2.75) is 45.9 Å². The maximum atomic E-state index is 12.9. The normalized spacial score (nSPS) is 17.9. The first-order valence-electron chi connectivity index (χ1n) is 9.83. The summed E-state index contributed by atoms with van der Waals surface area (Å²) in [4.78, 5) is 17.4. The molecule has 1 aliphatic rings. The quantitative estimate of drug-likeness (QED) is 0.781. The van der Waals surface area contributed by atoms with Crippen LogP contribution in [0.4, 0.5) is 0 Å². The van der Waals surface area contributed by atoms with Crippen molar-refractivity contribution in [3.63, 3.8) is 0 Å². The summed E-state index contributed by atoms with van der Waals surface area (Å²) in [7, 11) is 0. The van der Waals surface area contributed by atoms with E-state index in [9.17, 15) is 4.79 Å². The highest BCUT2D eigenvalue weighted by atomic mass is 16.5. The lowest BCUT2D eigenvalue weighted by molar-refractivity contribution is -0.135. The SMILES string of the molecule is CC(C)Oc1ccccc1CC(=O)N1CCN(Cc2ccccc2)CC1C. The molecule has 1 amide bonds. The first kappa shape index (κ1) is 19.4. The van der Waals surface area contributed by atoms with Gasteiger partial charge in [0.25, 0.3) is 0 Å². The third-order valence-corrected chi connectivity index (χ3v) is 4.96. The molecule has 0 bridgehead atoms. The van der Waals surface area contributed by atoms with Gasteiger partial charge in [-0.2, -0.15) is 0 Å². The Kier molecular flexibility index (Phi) is 6.51. The Labute approximate surface area is 162 Å². The fourth-order valence-electron chi connectivity index (χ4n) is 3.67. The molecule has 0 spiro atoms. The summed E-state index contributed by atoms with van der Waals surface area (Å²) in [5, 5.41) is 0. The van der Waals surface area contributed by atoms with E-state index in [4.69, 9.17) is 4.74 Å². The van der Waals surface area contributed by atoms with E-state index in [1.807, 2.05) is 49.1 Å². The standard InChI is InChI=1S/C23H30N2O2/c1-18(2)27-22-12-8-7-11-21(22)15-23(26)25-14-13-24(16-19(25)3)17-20-9-5-4-6-10-20/h4-12,18-19H,13-17H2,1-3H3. The molecule has 0 N–H and O–H groups in total. The van der Waals surface area contributed by atoms with Crippen LogP contribution in [-0.2, 0) is 17.8 Å². The van der Waals surface area contributed by atoms with Crippen molar-refractivity contribution in [3.05, 3.63) is 65.7 Å². The summed E-state index contributed by atoms with van der Waals surface area (Å²) < 4.78 is 5.86. The first-order valence-corrected chi connectivity index (χ1v) is 9.83. The maximum absolute atomic E-state index is 12.9. The maximum Gasteiger partial charge on any atom is 0.227 e. The summed E-state index contributed by atoms with van der Waals surface area (Å²) in [5.41, 5.74) is 2.29. The molecular formula is C23H30N2O2. The molecule has 1 fully saturated rings. The molecule has 27 heavy (non-hydrogen) atoms. The molecule has 4 nitrogen and oxygen atoms in total. The van der Waals surface area contributed by atoms with Gasteiger partial charge in [0.1, 0.15) is 5.75 Å². The molecule has 1 aliphatic heterocycles. The Bertz CT molecular complexity index is 745. The van der Waals surface area contributed by atoms with E-state index < -0.39 is 0 Å². The van der Waals surface area contributed by atoms with Crippen molar-refractivity contribution in [1.82, 2.24) is 9.80 Å². The Morgan fingerprint density at radius 3 is 2.48 bits per heavy atom. The smallest absolute Gasteiger partial charge is 0.227 e. The van der Waals surface area contributed by atoms with Crippen LogP contribution in [0.1, 0.15) is 31.9 Å². The average Bonchev–Trinajstić information content (AvgIpc) is 2.64. The van der Waals surface area contributed by atoms with Crippen molar-refractivity contribution in [3.8, 4) is 5.75 Å². The minimum Gasteiger partial charge on any atom is -0.491 e. The number of benzene rings is 2. The number of nitrogens with zero attached hydrogens (tertiary/aromatic N) is 2. The van der Waals surface area contributed by atoms with Gasteiger partial charge in [-0.25, -0.2) is 0 Å². The average molecular weight is 367 g/mol. The summed E-state index contributed by atoms with van der Waals surface area (Å²) in [6.45, 7) is 9.70. The van der Waals surface area contributed by atoms with Crippen molar-refractivity contribution >= 4 is 5.91 Å². The molecule has 3 rings (SSSR count). The van der Waals surface area contributed by atoms with Gasteiger partial charge in [-0.15, -0.1) is 0 Å². The second-order valence-corrected chi connectivity index (χ2v) is 7.61. The topological polar surface area (TPSA) is 32.8 Å². The highest BCUT2D eigenvalue weighted by Crippen LogP contribution is 2.22. The van der Waals surface area contributed by atoms with Crippen LogP contribution < -0.4 is 4.74 Å². The van der Waals surface area contributed by atoms with E-state index in [-0.39, 0.29) is 18.1 Å². The molecule has 4 heteroatoms. The van der Waals surface area contributed by atoms with Crippen molar-refractivity contribution < 1.29 is 9.53 Å². The molecule has 0 radical (unpaired) electrons. The zero-order chi connectivity index (χ0) is 19.2. The molecule has 1 unspecified atom stereocenters. The van der Waals surface area contributed by atoms with Crippen molar-refractivity contribution in [2.24, 2.45) is 0 Å². The number of ether oxygens (including phenoxy) is 1. The molecule has 0 saturated carbocycles. The number of piperazine rings is 1. The van der Waals surface area contributed by atoms with Crippen molar-refractivity contribution in [2.75, 3.05) is 19.6 Å². The molecular weight excluding hydrogens is 336 g/mol. The van der Waals surface area contributed by atoms with Crippen molar-refractivity contribution in [1.29, 1.82) is 0 Å². The fourth-order valence-corrected chi connectivity index (χ4v) is 3.67. The van der Waals surface area contributed by atoms with Gasteiger partial charge in [-0.05, 0) is 32.4 Å². The number of para-hydroxylation sites is 1. The summed E-state index contributed by atoms with van der Waals surface area (Å²) in [6, 6.07) is 18.6. The molecule has 144 valence electrons. The Balaban J connectivity index is 1.59. The zero-order valence-electron chi connectivity index (χ0n) is 16.6. The Hall–Kier alpha value is -2.33. The second kappa shape index (κ2) is 9.05. The number of carbonyl (C=O) groups is 1. The predicted octanol–water partition coefficient (Wildman–Crippen LogP) is 3.75. The second-order valence-electron chi connectivity index (χ2n) is 7.61. The van der Waals surface area contributed by atoms with Gasteiger partial charge < -0.3 is 9.64 Å². The number of hydrogen-bond acceptors (Lipinski definition) is 3. The van der Waals surface area contributed by atoms with Gasteiger partial charge in [-0.1, -0.05) is 48.5 Å². The third kappa shape index (κ3) is 5.33. The summed E-state index contributed by atoms with van der Waals surface area (Å²) in [5.74, 6) is 0.998. The van der Waals surface area contributed by atoms with E-state index in [0.717, 1.165) is 37.5 Å². The van der Waals surface area contributed by atoms with Crippen LogP contribution in [0.2, 0.25) is 0 Å². The number of carbonyl (C=O) groups excluding carboxylic acids is 1. The zero-order valence-corrected chi connectivity index (χ0v) is 16.6. The molecule has 2 aromatic rings. The largest absolute Gasteiger partial charge is 0.491 e. The van der Waals surface area contributed by atoms with Crippen LogP contribution >= 0.6 is 0 Å². The Morgan fingerprint density at radius 2 is 1.78 bits per heavy atom. The van der Waals surface area contributed by atoms with Crippen LogP contribution in [0.25, 0.3) is 0 Å². The van der Waals surface area contributed by atoms with Crippen LogP contribution in [0.5, 0.6) is 5.75 Å². The first-order chi connectivity index (χ1) is 13.0. The predicted molar refractivity (Wildman–Crippen MR) is 109 cm³/mol. The van der Waals surface area contributed by atoms with E-state index in [0.29, 0.717) is 6.42 Å². The van der Waals surface area contributed by atoms with E-state index in [1.54, 1.807) is 0 Å². The van der Waals surface area contributed by atoms with E-state index in [1.165, 1.54) is 5.56 Å². The number of amides is 1. The lowest BCUT2D eigenvalue weighted by Crippen LogP contribution is -2.54. The molecule has 1 atom stereocenters. The molecule has 2 aromatic carbocycles. The van der Waals surface area contributed by atoms with Gasteiger partial charge >= 0.3 is 0 Å². The molecule has 1 heterocycles. The van der Waals surface area contributed by atoms with Gasteiger partial charge in [0.05, 0.1) is 12.5 Å². The Morgan fingerprint density at radius 1 is 1.07 bits per heavy atom. The lowest BCUT2D eigenvalue weighted by Gasteiger charge is -2.40. The molecule has 1 saturated heterocycles. The van der Waals surface area contributed by atoms with E-state index in [2.05, 4.69) is 36.1 Å². The van der Waals surface area contributed by atoms with Crippen LogP contribution in [0.15, 0.2) is 54.6 Å². The fraction of sp³-hybridized carbons (Fsp3) is 0.435. The minimum atomic E-state index is 0.0988. The van der Waals surface area contributed by atoms with Gasteiger partial charge in [0.15, 0.2) is 0 Å². The molecule has 0 aromatic heterocycles. The highest BCUT2D eigenvalue weighted by molar-refractivity contribution is 5.80. The monoisotopic (exact) mass is 366 g/mol. The number of hydrogen-bond donors (Lipinski definition) is 0.